The Morgan fingerprint density at radius 2 is 1.62 bits per heavy atom. The van der Waals surface area contributed by atoms with Crippen LogP contribution < -0.4 is 4.90 Å². The quantitative estimate of drug-likeness (QED) is 0.579. The molecule has 2 aliphatic rings. The first kappa shape index (κ1) is 24.0. The van der Waals surface area contributed by atoms with E-state index in [0.29, 0.717) is 50.9 Å². The van der Waals surface area contributed by atoms with Crippen LogP contribution in [0.5, 0.6) is 0 Å². The van der Waals surface area contributed by atoms with E-state index in [1.807, 2.05) is 36.4 Å². The van der Waals surface area contributed by atoms with Gasteiger partial charge in [-0.05, 0) is 18.6 Å². The molecular weight excluding hydrogens is 458 g/mol. The molecule has 0 aliphatic carbocycles. The number of benzene rings is 1. The zero-order valence-corrected chi connectivity index (χ0v) is 20.1. The van der Waals surface area contributed by atoms with E-state index in [9.17, 15) is 14.4 Å². The number of amides is 2. The van der Waals surface area contributed by atoms with Crippen LogP contribution in [0, 0.1) is 0 Å². The Kier molecular flexibility index (Phi) is 8.02. The number of anilines is 1. The van der Waals surface area contributed by atoms with Crippen molar-refractivity contribution in [2.24, 2.45) is 0 Å². The molecule has 0 N–H and O–H groups in total. The van der Waals surface area contributed by atoms with Crippen LogP contribution in [0.15, 0.2) is 36.4 Å². The van der Waals surface area contributed by atoms with Crippen molar-refractivity contribution < 1.29 is 28.6 Å². The minimum absolute atomic E-state index is 0.273. The van der Waals surface area contributed by atoms with E-state index >= 15 is 0 Å². The molecule has 0 radical (unpaired) electrons. The van der Waals surface area contributed by atoms with Crippen molar-refractivity contribution in [1.82, 2.24) is 9.80 Å². The first-order valence-corrected chi connectivity index (χ1v) is 12.3. The number of nitrogens with zero attached hydrogens (tertiary/aromatic N) is 3. The van der Waals surface area contributed by atoms with Gasteiger partial charge in [0.2, 0.25) is 0 Å². The van der Waals surface area contributed by atoms with Crippen molar-refractivity contribution in [3.05, 3.63) is 41.3 Å². The molecule has 4 rings (SSSR count). The van der Waals surface area contributed by atoms with Crippen LogP contribution in [-0.2, 0) is 19.0 Å². The third kappa shape index (κ3) is 5.68. The number of hydrogen-bond acceptors (Lipinski definition) is 8. The fourth-order valence-corrected chi connectivity index (χ4v) is 5.08. The highest BCUT2D eigenvalue weighted by Gasteiger charge is 2.27. The average Bonchev–Trinajstić information content (AvgIpc) is 3.34. The molecule has 3 heterocycles. The Bertz CT molecular complexity index is 997. The number of hydrogen-bond donors (Lipinski definition) is 0. The first-order chi connectivity index (χ1) is 16.6. The number of morpholine rings is 1. The van der Waals surface area contributed by atoms with E-state index in [2.05, 4.69) is 4.90 Å². The predicted octanol–water partition coefficient (Wildman–Crippen LogP) is 2.71. The van der Waals surface area contributed by atoms with E-state index in [-0.39, 0.29) is 18.6 Å². The summed E-state index contributed by atoms with van der Waals surface area (Å²) in [6.45, 7) is 6.09. The molecular formula is C24H29N3O6S. The summed E-state index contributed by atoms with van der Waals surface area (Å²) < 4.78 is 15.9. The Balaban J connectivity index is 1.38. The second kappa shape index (κ2) is 11.3. The Morgan fingerprint density at radius 1 is 0.941 bits per heavy atom. The van der Waals surface area contributed by atoms with Gasteiger partial charge in [-0.25, -0.2) is 9.59 Å². The standard InChI is InChI=1S/C24H29N3O6S/c1-2-32-24(30)27-10-8-25(9-11-27)21(28)17-33-23(29)20-16-19(18-6-4-3-5-7-18)22(34-20)26-12-14-31-15-13-26/h3-7,16H,2,8-15,17H2,1H3. The lowest BCUT2D eigenvalue weighted by atomic mass is 10.1. The van der Waals surface area contributed by atoms with E-state index in [1.165, 1.54) is 11.3 Å². The fourth-order valence-electron chi connectivity index (χ4n) is 3.95. The molecule has 2 aromatic rings. The van der Waals surface area contributed by atoms with Gasteiger partial charge in [0.1, 0.15) is 4.88 Å². The van der Waals surface area contributed by atoms with Crippen LogP contribution in [0.1, 0.15) is 16.6 Å². The summed E-state index contributed by atoms with van der Waals surface area (Å²) in [7, 11) is 0. The molecule has 2 aliphatic heterocycles. The summed E-state index contributed by atoms with van der Waals surface area (Å²) in [5.74, 6) is -0.787. The monoisotopic (exact) mass is 487 g/mol. The van der Waals surface area contributed by atoms with Crippen LogP contribution in [0.25, 0.3) is 11.1 Å². The maximum Gasteiger partial charge on any atom is 0.409 e. The number of carbonyl (C=O) groups is 3. The Hall–Kier alpha value is -3.11. The van der Waals surface area contributed by atoms with Gasteiger partial charge in [-0.1, -0.05) is 30.3 Å². The number of rotatable bonds is 6. The number of esters is 1. The summed E-state index contributed by atoms with van der Waals surface area (Å²) >= 11 is 1.38. The number of piperazine rings is 1. The highest BCUT2D eigenvalue weighted by Crippen LogP contribution is 2.39. The zero-order chi connectivity index (χ0) is 23.9. The summed E-state index contributed by atoms with van der Waals surface area (Å²) in [4.78, 5) is 43.1. The van der Waals surface area contributed by atoms with Gasteiger partial charge in [0, 0.05) is 44.8 Å². The normalized spacial score (nSPS) is 16.3. The molecule has 0 saturated carbocycles. The lowest BCUT2D eigenvalue weighted by Crippen LogP contribution is -2.51. The third-order valence-corrected chi connectivity index (χ3v) is 6.96. The molecule has 0 unspecified atom stereocenters. The van der Waals surface area contributed by atoms with Gasteiger partial charge in [-0.2, -0.15) is 0 Å². The molecule has 10 heteroatoms. The fraction of sp³-hybridized carbons (Fsp3) is 0.458. The molecule has 1 aromatic heterocycles. The summed E-state index contributed by atoms with van der Waals surface area (Å²) in [6.07, 6.45) is -0.371. The smallest absolute Gasteiger partial charge is 0.409 e. The number of thiophene rings is 1. The van der Waals surface area contributed by atoms with Gasteiger partial charge >= 0.3 is 12.1 Å². The first-order valence-electron chi connectivity index (χ1n) is 11.5. The van der Waals surface area contributed by atoms with Gasteiger partial charge in [0.25, 0.3) is 5.91 Å². The second-order valence-electron chi connectivity index (χ2n) is 7.94. The Labute approximate surface area is 202 Å². The van der Waals surface area contributed by atoms with E-state index < -0.39 is 5.97 Å². The predicted molar refractivity (Wildman–Crippen MR) is 128 cm³/mol. The van der Waals surface area contributed by atoms with E-state index in [4.69, 9.17) is 14.2 Å². The van der Waals surface area contributed by atoms with Crippen LogP contribution >= 0.6 is 11.3 Å². The van der Waals surface area contributed by atoms with Gasteiger partial charge in [0.05, 0.1) is 24.8 Å². The van der Waals surface area contributed by atoms with Crippen molar-refractivity contribution in [2.75, 3.05) is 70.6 Å². The highest BCUT2D eigenvalue weighted by molar-refractivity contribution is 7.18. The molecule has 9 nitrogen and oxygen atoms in total. The summed E-state index contributed by atoms with van der Waals surface area (Å²) in [5, 5.41) is 1.00. The van der Waals surface area contributed by atoms with Crippen molar-refractivity contribution in [3.8, 4) is 11.1 Å². The molecule has 1 aromatic carbocycles. The van der Waals surface area contributed by atoms with Crippen molar-refractivity contribution >= 4 is 34.3 Å². The summed E-state index contributed by atoms with van der Waals surface area (Å²) in [5.41, 5.74) is 2.00. The van der Waals surface area contributed by atoms with Gasteiger partial charge in [0.15, 0.2) is 6.61 Å². The topological polar surface area (TPSA) is 88.6 Å². The van der Waals surface area contributed by atoms with Gasteiger partial charge in [-0.3, -0.25) is 4.79 Å². The second-order valence-corrected chi connectivity index (χ2v) is 8.97. The molecule has 34 heavy (non-hydrogen) atoms. The molecule has 0 bridgehead atoms. The highest BCUT2D eigenvalue weighted by atomic mass is 32.1. The molecule has 0 atom stereocenters. The lowest BCUT2D eigenvalue weighted by molar-refractivity contribution is -0.136. The van der Waals surface area contributed by atoms with Crippen LogP contribution in [0.4, 0.5) is 9.80 Å². The van der Waals surface area contributed by atoms with Gasteiger partial charge in [-0.15, -0.1) is 11.3 Å². The molecule has 2 saturated heterocycles. The van der Waals surface area contributed by atoms with Crippen LogP contribution in [0.3, 0.4) is 0 Å². The SMILES string of the molecule is CCOC(=O)N1CCN(C(=O)COC(=O)c2cc(-c3ccccc3)c(N3CCOCC3)s2)CC1. The largest absolute Gasteiger partial charge is 0.451 e. The van der Waals surface area contributed by atoms with Crippen LogP contribution in [-0.4, -0.2) is 93.5 Å². The van der Waals surface area contributed by atoms with E-state index in [0.717, 1.165) is 29.2 Å². The van der Waals surface area contributed by atoms with E-state index in [1.54, 1.807) is 16.7 Å². The van der Waals surface area contributed by atoms with Crippen LogP contribution in [0.2, 0.25) is 0 Å². The molecule has 182 valence electrons. The van der Waals surface area contributed by atoms with Gasteiger partial charge < -0.3 is 28.9 Å². The van der Waals surface area contributed by atoms with Crippen molar-refractivity contribution in [2.45, 2.75) is 6.92 Å². The molecule has 2 amide bonds. The Morgan fingerprint density at radius 3 is 2.29 bits per heavy atom. The molecule has 2 fully saturated rings. The minimum atomic E-state index is -0.514. The third-order valence-electron chi connectivity index (χ3n) is 5.78. The zero-order valence-electron chi connectivity index (χ0n) is 19.2. The lowest BCUT2D eigenvalue weighted by Gasteiger charge is -2.33. The average molecular weight is 488 g/mol. The number of ether oxygens (including phenoxy) is 3. The van der Waals surface area contributed by atoms with Crippen molar-refractivity contribution in [1.29, 1.82) is 0 Å². The minimum Gasteiger partial charge on any atom is -0.451 e. The molecule has 0 spiro atoms. The summed E-state index contributed by atoms with van der Waals surface area (Å²) in [6, 6.07) is 11.8. The van der Waals surface area contributed by atoms with Crippen molar-refractivity contribution in [3.63, 3.8) is 0 Å². The maximum absolute atomic E-state index is 12.8. The number of carbonyl (C=O) groups excluding carboxylic acids is 3. The maximum atomic E-state index is 12.8.